The van der Waals surface area contributed by atoms with Gasteiger partial charge in [0.05, 0.1) is 12.2 Å². The summed E-state index contributed by atoms with van der Waals surface area (Å²) < 4.78 is 2.11. The minimum atomic E-state index is -0.332. The number of carbonyl (C=O) groups is 2. The molecule has 5 rings (SSSR count). The highest BCUT2D eigenvalue weighted by molar-refractivity contribution is 6.33. The molecule has 34 heavy (non-hydrogen) atoms. The standard InChI is InChI=1S/C28H22ClN3O2/c1-18-14-20(19(2)32(18)23-10-7-8-21(29)16-23)15-26-24-11-3-4-12-25(24)27(33)31(28(26)34)17-22-9-5-6-13-30-22/h3-16H,17H2,1-2H3/b26-15-. The zero-order valence-corrected chi connectivity index (χ0v) is 19.6. The van der Waals surface area contributed by atoms with Crippen LogP contribution in [0.15, 0.2) is 79.0 Å². The van der Waals surface area contributed by atoms with Gasteiger partial charge < -0.3 is 4.57 Å². The molecule has 1 aliphatic rings. The highest BCUT2D eigenvalue weighted by Crippen LogP contribution is 2.33. The zero-order valence-electron chi connectivity index (χ0n) is 18.8. The monoisotopic (exact) mass is 467 g/mol. The molecule has 5 nitrogen and oxygen atoms in total. The van der Waals surface area contributed by atoms with E-state index in [1.165, 1.54) is 4.90 Å². The molecule has 2 amide bonds. The summed E-state index contributed by atoms with van der Waals surface area (Å²) in [5, 5.41) is 0.657. The van der Waals surface area contributed by atoms with Gasteiger partial charge >= 0.3 is 0 Å². The number of nitrogens with zero attached hydrogens (tertiary/aromatic N) is 3. The van der Waals surface area contributed by atoms with Crippen molar-refractivity contribution in [1.29, 1.82) is 0 Å². The highest BCUT2D eigenvalue weighted by Gasteiger charge is 2.35. The number of carbonyl (C=O) groups excluding carboxylic acids is 2. The highest BCUT2D eigenvalue weighted by atomic mass is 35.5. The van der Waals surface area contributed by atoms with Crippen molar-refractivity contribution in [1.82, 2.24) is 14.5 Å². The van der Waals surface area contributed by atoms with E-state index < -0.39 is 0 Å². The van der Waals surface area contributed by atoms with Crippen molar-refractivity contribution in [3.8, 4) is 5.69 Å². The van der Waals surface area contributed by atoms with Crippen molar-refractivity contribution in [2.24, 2.45) is 0 Å². The number of fused-ring (bicyclic) bond motifs is 1. The maximum absolute atomic E-state index is 13.6. The van der Waals surface area contributed by atoms with Crippen LogP contribution in [-0.4, -0.2) is 26.3 Å². The number of rotatable bonds is 4. The first-order valence-electron chi connectivity index (χ1n) is 11.0. The Balaban J connectivity index is 1.62. The van der Waals surface area contributed by atoms with Crippen LogP contribution in [0.5, 0.6) is 0 Å². The lowest BCUT2D eigenvalue weighted by atomic mass is 9.92. The van der Waals surface area contributed by atoms with Crippen molar-refractivity contribution in [2.45, 2.75) is 20.4 Å². The molecule has 0 radical (unpaired) electrons. The predicted molar refractivity (Wildman–Crippen MR) is 134 cm³/mol. The van der Waals surface area contributed by atoms with Gasteiger partial charge in [0.2, 0.25) is 0 Å². The molecule has 0 fully saturated rings. The lowest BCUT2D eigenvalue weighted by molar-refractivity contribution is -0.123. The van der Waals surface area contributed by atoms with E-state index in [1.807, 2.05) is 80.6 Å². The average Bonchev–Trinajstić information content (AvgIpc) is 3.12. The topological polar surface area (TPSA) is 55.2 Å². The molecule has 0 aliphatic carbocycles. The largest absolute Gasteiger partial charge is 0.318 e. The van der Waals surface area contributed by atoms with Gasteiger partial charge in [0.1, 0.15) is 0 Å². The second-order valence-corrected chi connectivity index (χ2v) is 8.70. The summed E-state index contributed by atoms with van der Waals surface area (Å²) in [7, 11) is 0. The Morgan fingerprint density at radius 3 is 2.38 bits per heavy atom. The Kier molecular flexibility index (Phi) is 5.64. The molecule has 6 heteroatoms. The summed E-state index contributed by atoms with van der Waals surface area (Å²) in [5.41, 5.74) is 6.14. The molecule has 0 bridgehead atoms. The third-order valence-corrected chi connectivity index (χ3v) is 6.29. The van der Waals surface area contributed by atoms with E-state index in [0.717, 1.165) is 22.6 Å². The van der Waals surface area contributed by atoms with Crippen LogP contribution in [0.25, 0.3) is 17.3 Å². The minimum Gasteiger partial charge on any atom is -0.318 e. The number of aromatic nitrogens is 2. The SMILES string of the molecule is Cc1cc(/C=C2\C(=O)N(Cc3ccccn3)C(=O)c3ccccc32)c(C)n1-c1cccc(Cl)c1. The molecule has 2 aromatic carbocycles. The molecule has 0 spiro atoms. The maximum Gasteiger partial charge on any atom is 0.261 e. The van der Waals surface area contributed by atoms with Crippen LogP contribution in [-0.2, 0) is 11.3 Å². The van der Waals surface area contributed by atoms with Gasteiger partial charge in [-0.1, -0.05) is 41.9 Å². The van der Waals surface area contributed by atoms with Crippen LogP contribution in [0.4, 0.5) is 0 Å². The van der Waals surface area contributed by atoms with Gasteiger partial charge in [-0.15, -0.1) is 0 Å². The third-order valence-electron chi connectivity index (χ3n) is 6.05. The number of hydrogen-bond acceptors (Lipinski definition) is 3. The van der Waals surface area contributed by atoms with Crippen LogP contribution in [0, 0.1) is 13.8 Å². The Hall–Kier alpha value is -3.96. The van der Waals surface area contributed by atoms with Crippen molar-refractivity contribution in [3.63, 3.8) is 0 Å². The normalized spacial score (nSPS) is 14.6. The first kappa shape index (κ1) is 21.9. The van der Waals surface area contributed by atoms with Gasteiger partial charge in [-0.25, -0.2) is 0 Å². The molecule has 0 N–H and O–H groups in total. The Labute approximate surface area is 202 Å². The van der Waals surface area contributed by atoms with E-state index in [-0.39, 0.29) is 18.4 Å². The average molecular weight is 468 g/mol. The van der Waals surface area contributed by atoms with E-state index >= 15 is 0 Å². The molecule has 4 aromatic rings. The van der Waals surface area contributed by atoms with Gasteiger partial charge in [0, 0.05) is 39.4 Å². The van der Waals surface area contributed by atoms with Gasteiger partial charge in [-0.2, -0.15) is 0 Å². The quantitative estimate of drug-likeness (QED) is 0.279. The zero-order chi connectivity index (χ0) is 23.8. The summed E-state index contributed by atoms with van der Waals surface area (Å²) >= 11 is 6.22. The molecule has 3 heterocycles. The number of imide groups is 1. The van der Waals surface area contributed by atoms with Gasteiger partial charge in [0.25, 0.3) is 11.8 Å². The van der Waals surface area contributed by atoms with E-state index in [4.69, 9.17) is 11.6 Å². The molecule has 0 saturated heterocycles. The molecule has 2 aromatic heterocycles. The first-order chi connectivity index (χ1) is 16.4. The van der Waals surface area contributed by atoms with Crippen LogP contribution < -0.4 is 0 Å². The van der Waals surface area contributed by atoms with Crippen LogP contribution in [0.3, 0.4) is 0 Å². The molecule has 168 valence electrons. The van der Waals surface area contributed by atoms with Crippen LogP contribution in [0.2, 0.25) is 5.02 Å². The Morgan fingerprint density at radius 1 is 0.882 bits per heavy atom. The van der Waals surface area contributed by atoms with Crippen molar-refractivity contribution >= 4 is 35.1 Å². The Bertz CT molecular complexity index is 1450. The lowest BCUT2D eigenvalue weighted by Gasteiger charge is -2.28. The second-order valence-electron chi connectivity index (χ2n) is 8.26. The van der Waals surface area contributed by atoms with Crippen molar-refractivity contribution in [2.75, 3.05) is 0 Å². The van der Waals surface area contributed by atoms with Gasteiger partial charge in [-0.05, 0) is 73.5 Å². The van der Waals surface area contributed by atoms with Crippen molar-refractivity contribution in [3.05, 3.63) is 118 Å². The molecule has 1 aliphatic heterocycles. The summed E-state index contributed by atoms with van der Waals surface area (Å²) in [6, 6.07) is 22.4. The van der Waals surface area contributed by atoms with Crippen LogP contribution in [0.1, 0.15) is 38.6 Å². The molecular formula is C28H22ClN3O2. The fourth-order valence-electron chi connectivity index (χ4n) is 4.44. The fourth-order valence-corrected chi connectivity index (χ4v) is 4.63. The summed E-state index contributed by atoms with van der Waals surface area (Å²) in [5.74, 6) is -0.644. The number of hydrogen-bond donors (Lipinski definition) is 0. The van der Waals surface area contributed by atoms with Crippen LogP contribution >= 0.6 is 11.6 Å². The number of benzene rings is 2. The van der Waals surface area contributed by atoms with E-state index in [9.17, 15) is 9.59 Å². The molecular weight excluding hydrogens is 446 g/mol. The number of aryl methyl sites for hydroxylation is 1. The van der Waals surface area contributed by atoms with Gasteiger partial charge in [0.15, 0.2) is 0 Å². The molecule has 0 unspecified atom stereocenters. The number of amides is 2. The summed E-state index contributed by atoms with van der Waals surface area (Å²) in [6.45, 7) is 4.14. The maximum atomic E-state index is 13.6. The number of halogens is 1. The number of pyridine rings is 1. The minimum absolute atomic E-state index is 0.117. The van der Waals surface area contributed by atoms with E-state index in [2.05, 4.69) is 9.55 Å². The Morgan fingerprint density at radius 2 is 1.65 bits per heavy atom. The first-order valence-corrected chi connectivity index (χ1v) is 11.3. The fraction of sp³-hybridized carbons (Fsp3) is 0.107. The van der Waals surface area contributed by atoms with E-state index in [1.54, 1.807) is 18.3 Å². The third kappa shape index (κ3) is 3.84. The smallest absolute Gasteiger partial charge is 0.261 e. The summed E-state index contributed by atoms with van der Waals surface area (Å²) in [4.78, 5) is 32.4. The lowest BCUT2D eigenvalue weighted by Crippen LogP contribution is -2.41. The predicted octanol–water partition coefficient (Wildman–Crippen LogP) is 5.87. The molecule has 0 saturated carbocycles. The second kappa shape index (κ2) is 8.76. The van der Waals surface area contributed by atoms with E-state index in [0.29, 0.717) is 27.4 Å². The molecule has 0 atom stereocenters. The van der Waals surface area contributed by atoms with Gasteiger partial charge in [-0.3, -0.25) is 19.5 Å². The van der Waals surface area contributed by atoms with Crippen molar-refractivity contribution < 1.29 is 9.59 Å². The summed E-state index contributed by atoms with van der Waals surface area (Å²) in [6.07, 6.45) is 3.53.